The number of carboxylic acid groups (broad SMARTS) is 1. The third-order valence-electron chi connectivity index (χ3n) is 3.52. The molecular formula is C13H16FNO5S. The average molecular weight is 317 g/mol. The number of benzene rings is 1. The van der Waals surface area contributed by atoms with E-state index in [0.29, 0.717) is 13.0 Å². The summed E-state index contributed by atoms with van der Waals surface area (Å²) in [7, 11) is -4.02. The molecule has 0 bridgehead atoms. The molecule has 1 aromatic carbocycles. The molecule has 1 aliphatic heterocycles. The summed E-state index contributed by atoms with van der Waals surface area (Å²) in [4.78, 5) is 10.6. The van der Waals surface area contributed by atoms with Crippen molar-refractivity contribution in [2.24, 2.45) is 0 Å². The van der Waals surface area contributed by atoms with Gasteiger partial charge in [0, 0.05) is 12.2 Å². The molecule has 6 nitrogen and oxygen atoms in total. The van der Waals surface area contributed by atoms with Crippen molar-refractivity contribution in [3.05, 3.63) is 29.1 Å². The number of hydrogen-bond acceptors (Lipinski definition) is 4. The summed E-state index contributed by atoms with van der Waals surface area (Å²) in [5.41, 5.74) is -0.520. The predicted molar refractivity (Wildman–Crippen MR) is 72.2 cm³/mol. The third kappa shape index (κ3) is 3.22. The van der Waals surface area contributed by atoms with Crippen LogP contribution in [0.3, 0.4) is 0 Å². The first kappa shape index (κ1) is 15.9. The minimum Gasteiger partial charge on any atom is -0.478 e. The summed E-state index contributed by atoms with van der Waals surface area (Å²) in [6.07, 6.45) is 0.230. The van der Waals surface area contributed by atoms with Crippen LogP contribution in [0.4, 0.5) is 4.39 Å². The van der Waals surface area contributed by atoms with Gasteiger partial charge in [-0.05, 0) is 32.4 Å². The largest absolute Gasteiger partial charge is 0.478 e. The molecule has 0 aliphatic carbocycles. The summed E-state index contributed by atoms with van der Waals surface area (Å²) in [6, 6.07) is 1.35. The van der Waals surface area contributed by atoms with Crippen LogP contribution in [-0.4, -0.2) is 38.2 Å². The van der Waals surface area contributed by atoms with Crippen LogP contribution in [0.1, 0.15) is 29.3 Å². The molecule has 0 spiro atoms. The molecule has 2 atom stereocenters. The normalized spacial score (nSPS) is 22.4. The molecule has 0 saturated carbocycles. The first-order valence-corrected chi connectivity index (χ1v) is 7.88. The van der Waals surface area contributed by atoms with E-state index < -0.39 is 33.4 Å². The molecule has 21 heavy (non-hydrogen) atoms. The number of ether oxygens (including phenoxy) is 1. The van der Waals surface area contributed by atoms with Crippen molar-refractivity contribution in [1.82, 2.24) is 4.72 Å². The Kier molecular flexibility index (Phi) is 4.31. The minimum absolute atomic E-state index is 0.112. The lowest BCUT2D eigenvalue weighted by atomic mass is 10.1. The SMILES string of the molecule is Cc1c(F)cc(C(=O)O)cc1S(=O)(=O)NC1CCOC1C. The fourth-order valence-electron chi connectivity index (χ4n) is 2.21. The van der Waals surface area contributed by atoms with Gasteiger partial charge in [0.25, 0.3) is 0 Å². The smallest absolute Gasteiger partial charge is 0.335 e. The van der Waals surface area contributed by atoms with E-state index in [1.54, 1.807) is 6.92 Å². The Morgan fingerprint density at radius 3 is 2.67 bits per heavy atom. The van der Waals surface area contributed by atoms with Gasteiger partial charge in [0.2, 0.25) is 10.0 Å². The number of carbonyl (C=O) groups is 1. The number of hydrogen-bond donors (Lipinski definition) is 2. The second kappa shape index (κ2) is 5.70. The third-order valence-corrected chi connectivity index (χ3v) is 5.13. The van der Waals surface area contributed by atoms with E-state index in [0.717, 1.165) is 12.1 Å². The fraction of sp³-hybridized carbons (Fsp3) is 0.462. The van der Waals surface area contributed by atoms with Gasteiger partial charge < -0.3 is 9.84 Å². The Hall–Kier alpha value is -1.51. The van der Waals surface area contributed by atoms with E-state index in [-0.39, 0.29) is 16.6 Å². The molecule has 2 unspecified atom stereocenters. The number of nitrogens with one attached hydrogen (secondary N) is 1. The van der Waals surface area contributed by atoms with Crippen molar-refractivity contribution < 1.29 is 27.4 Å². The number of halogens is 1. The van der Waals surface area contributed by atoms with Gasteiger partial charge in [-0.15, -0.1) is 0 Å². The summed E-state index contributed by atoms with van der Waals surface area (Å²) >= 11 is 0. The van der Waals surface area contributed by atoms with Crippen molar-refractivity contribution >= 4 is 16.0 Å². The molecule has 0 radical (unpaired) electrons. The monoisotopic (exact) mass is 317 g/mol. The molecule has 1 aliphatic rings. The molecule has 1 aromatic rings. The van der Waals surface area contributed by atoms with Crippen molar-refractivity contribution in [2.45, 2.75) is 37.3 Å². The summed E-state index contributed by atoms with van der Waals surface area (Å²) in [5.74, 6) is -2.26. The first-order chi connectivity index (χ1) is 9.72. The van der Waals surface area contributed by atoms with Crippen LogP contribution < -0.4 is 4.72 Å². The number of sulfonamides is 1. The van der Waals surface area contributed by atoms with Gasteiger partial charge in [-0.25, -0.2) is 22.3 Å². The second-order valence-electron chi connectivity index (χ2n) is 4.98. The van der Waals surface area contributed by atoms with Gasteiger partial charge in [0.15, 0.2) is 0 Å². The quantitative estimate of drug-likeness (QED) is 0.873. The van der Waals surface area contributed by atoms with Gasteiger partial charge in [-0.3, -0.25) is 0 Å². The van der Waals surface area contributed by atoms with Crippen LogP contribution in [0.15, 0.2) is 17.0 Å². The number of carboxylic acids is 1. The summed E-state index contributed by atoms with van der Waals surface area (Å²) < 4.78 is 46.2. The van der Waals surface area contributed by atoms with Crippen LogP contribution in [0.25, 0.3) is 0 Å². The zero-order chi connectivity index (χ0) is 15.8. The molecule has 0 amide bonds. The zero-order valence-corrected chi connectivity index (χ0v) is 12.4. The van der Waals surface area contributed by atoms with Gasteiger partial charge in [0.05, 0.1) is 22.6 Å². The predicted octanol–water partition coefficient (Wildman–Crippen LogP) is 1.29. The number of aromatic carboxylic acids is 1. The average Bonchev–Trinajstić information content (AvgIpc) is 2.77. The number of rotatable bonds is 4. The van der Waals surface area contributed by atoms with Crippen LogP contribution >= 0.6 is 0 Å². The molecule has 0 aromatic heterocycles. The topological polar surface area (TPSA) is 92.7 Å². The first-order valence-electron chi connectivity index (χ1n) is 6.39. The van der Waals surface area contributed by atoms with Crippen LogP contribution in [0.2, 0.25) is 0 Å². The lowest BCUT2D eigenvalue weighted by Crippen LogP contribution is -2.39. The Balaban J connectivity index is 2.41. The van der Waals surface area contributed by atoms with Gasteiger partial charge >= 0.3 is 5.97 Å². The Labute approximate surface area is 122 Å². The maximum atomic E-state index is 13.7. The molecule has 1 saturated heterocycles. The van der Waals surface area contributed by atoms with E-state index >= 15 is 0 Å². The molecule has 116 valence electrons. The van der Waals surface area contributed by atoms with E-state index in [9.17, 15) is 17.6 Å². The molecule has 2 rings (SSSR count). The maximum Gasteiger partial charge on any atom is 0.335 e. The lowest BCUT2D eigenvalue weighted by Gasteiger charge is -2.17. The van der Waals surface area contributed by atoms with Crippen molar-refractivity contribution in [3.8, 4) is 0 Å². The van der Waals surface area contributed by atoms with E-state index in [4.69, 9.17) is 9.84 Å². The van der Waals surface area contributed by atoms with E-state index in [2.05, 4.69) is 4.72 Å². The van der Waals surface area contributed by atoms with Crippen molar-refractivity contribution in [2.75, 3.05) is 6.61 Å². The second-order valence-corrected chi connectivity index (χ2v) is 6.66. The van der Waals surface area contributed by atoms with Gasteiger partial charge in [0.1, 0.15) is 5.82 Å². The van der Waals surface area contributed by atoms with E-state index in [1.165, 1.54) is 6.92 Å². The van der Waals surface area contributed by atoms with Crippen molar-refractivity contribution in [1.29, 1.82) is 0 Å². The highest BCUT2D eigenvalue weighted by molar-refractivity contribution is 7.89. The Bertz CT molecular complexity index is 673. The van der Waals surface area contributed by atoms with E-state index in [1.807, 2.05) is 0 Å². The molecule has 1 fully saturated rings. The van der Waals surface area contributed by atoms with Crippen LogP contribution in [0, 0.1) is 12.7 Å². The Morgan fingerprint density at radius 2 is 2.14 bits per heavy atom. The Morgan fingerprint density at radius 1 is 1.48 bits per heavy atom. The molecule has 2 N–H and O–H groups in total. The highest BCUT2D eigenvalue weighted by Gasteiger charge is 2.31. The van der Waals surface area contributed by atoms with Crippen molar-refractivity contribution in [3.63, 3.8) is 0 Å². The highest BCUT2D eigenvalue weighted by atomic mass is 32.2. The molecule has 1 heterocycles. The van der Waals surface area contributed by atoms with Crippen LogP contribution in [0.5, 0.6) is 0 Å². The fourth-order valence-corrected chi connectivity index (χ4v) is 3.82. The standard InChI is InChI=1S/C13H16FNO5S/c1-7-10(14)5-9(13(16)17)6-12(7)21(18,19)15-11-3-4-20-8(11)2/h5-6,8,11,15H,3-4H2,1-2H3,(H,16,17). The molecular weight excluding hydrogens is 301 g/mol. The highest BCUT2D eigenvalue weighted by Crippen LogP contribution is 2.23. The lowest BCUT2D eigenvalue weighted by molar-refractivity contribution is 0.0696. The zero-order valence-electron chi connectivity index (χ0n) is 11.6. The minimum atomic E-state index is -4.02. The van der Waals surface area contributed by atoms with Gasteiger partial charge in [-0.1, -0.05) is 0 Å². The van der Waals surface area contributed by atoms with Crippen LogP contribution in [-0.2, 0) is 14.8 Å². The van der Waals surface area contributed by atoms with Gasteiger partial charge in [-0.2, -0.15) is 0 Å². The summed E-state index contributed by atoms with van der Waals surface area (Å²) in [6.45, 7) is 3.47. The molecule has 8 heteroatoms. The maximum absolute atomic E-state index is 13.7. The summed E-state index contributed by atoms with van der Waals surface area (Å²) in [5, 5.41) is 8.91.